The number of hydrogen-bond donors (Lipinski definition) is 1. The van der Waals surface area contributed by atoms with Crippen LogP contribution in [0.15, 0.2) is 17.4 Å². The van der Waals surface area contributed by atoms with Gasteiger partial charge >= 0.3 is 0 Å². The summed E-state index contributed by atoms with van der Waals surface area (Å²) in [4.78, 5) is 4.03. The quantitative estimate of drug-likeness (QED) is 0.413. The molecule has 1 aromatic heterocycles. The van der Waals surface area contributed by atoms with Crippen molar-refractivity contribution in [3.8, 4) is 0 Å². The fourth-order valence-electron chi connectivity index (χ4n) is 1.06. The van der Waals surface area contributed by atoms with Crippen LogP contribution < -0.4 is 0 Å². The molecule has 0 amide bonds. The molecule has 1 aromatic rings. The normalized spacial score (nSPS) is 11.8. The second-order valence-corrected chi connectivity index (χ2v) is 2.84. The van der Waals surface area contributed by atoms with Crippen LogP contribution in [0.4, 0.5) is 0 Å². The van der Waals surface area contributed by atoms with Gasteiger partial charge in [0.2, 0.25) is 0 Å². The van der Waals surface area contributed by atoms with E-state index >= 15 is 0 Å². The average Bonchev–Trinajstić information content (AvgIpc) is 2.03. The first-order valence-electron chi connectivity index (χ1n) is 3.47. The third kappa shape index (κ3) is 1.56. The smallest absolute Gasteiger partial charge is 0.177 e. The Balaban J connectivity index is 3.31. The number of halogens is 1. The average molecular weight is 185 g/mol. The Hall–Kier alpha value is -1.09. The third-order valence-electron chi connectivity index (χ3n) is 1.64. The second kappa shape index (κ2) is 3.54. The first-order valence-corrected chi connectivity index (χ1v) is 3.84. The number of hydrogen-bond acceptors (Lipinski definition) is 3. The van der Waals surface area contributed by atoms with Gasteiger partial charge in [0.15, 0.2) is 5.17 Å². The number of aryl methyl sites for hydroxylation is 2. The SMILES string of the molecule is Cc1ccnc(C)c1/C(Cl)=N/O. The number of oxime groups is 1. The molecule has 1 heterocycles. The van der Waals surface area contributed by atoms with Gasteiger partial charge in [0.1, 0.15) is 0 Å². The summed E-state index contributed by atoms with van der Waals surface area (Å²) < 4.78 is 0. The highest BCUT2D eigenvalue weighted by Crippen LogP contribution is 2.13. The van der Waals surface area contributed by atoms with Gasteiger partial charge in [-0.25, -0.2) is 0 Å². The summed E-state index contributed by atoms with van der Waals surface area (Å²) in [6.45, 7) is 3.70. The number of aromatic nitrogens is 1. The lowest BCUT2D eigenvalue weighted by Crippen LogP contribution is -2.00. The summed E-state index contributed by atoms with van der Waals surface area (Å²) in [5.74, 6) is 0. The lowest BCUT2D eigenvalue weighted by Gasteiger charge is -2.04. The second-order valence-electron chi connectivity index (χ2n) is 2.48. The first kappa shape index (κ1) is 9.00. The van der Waals surface area contributed by atoms with Crippen LogP contribution in [0.3, 0.4) is 0 Å². The Morgan fingerprint density at radius 3 is 2.75 bits per heavy atom. The van der Waals surface area contributed by atoms with Gasteiger partial charge in [-0.2, -0.15) is 0 Å². The number of nitrogens with zero attached hydrogens (tertiary/aromatic N) is 2. The zero-order valence-corrected chi connectivity index (χ0v) is 7.63. The Morgan fingerprint density at radius 2 is 2.25 bits per heavy atom. The maximum absolute atomic E-state index is 8.47. The number of rotatable bonds is 1. The lowest BCUT2D eigenvalue weighted by molar-refractivity contribution is 0.320. The molecule has 0 atom stereocenters. The Morgan fingerprint density at radius 1 is 1.58 bits per heavy atom. The van der Waals surface area contributed by atoms with Crippen molar-refractivity contribution < 1.29 is 5.21 Å². The van der Waals surface area contributed by atoms with Crippen molar-refractivity contribution in [2.24, 2.45) is 5.16 Å². The molecule has 0 unspecified atom stereocenters. The minimum Gasteiger partial charge on any atom is -0.410 e. The van der Waals surface area contributed by atoms with Gasteiger partial charge in [-0.3, -0.25) is 4.98 Å². The van der Waals surface area contributed by atoms with Crippen LogP contribution in [0, 0.1) is 13.8 Å². The highest BCUT2D eigenvalue weighted by atomic mass is 35.5. The van der Waals surface area contributed by atoms with Gasteiger partial charge in [-0.05, 0) is 25.5 Å². The van der Waals surface area contributed by atoms with Crippen molar-refractivity contribution in [3.63, 3.8) is 0 Å². The van der Waals surface area contributed by atoms with Crippen LogP contribution in [-0.2, 0) is 0 Å². The van der Waals surface area contributed by atoms with E-state index in [1.165, 1.54) is 0 Å². The molecule has 3 nitrogen and oxygen atoms in total. The van der Waals surface area contributed by atoms with Gasteiger partial charge in [0.05, 0.1) is 0 Å². The maximum Gasteiger partial charge on any atom is 0.177 e. The molecule has 0 aliphatic rings. The Bertz CT molecular complexity index is 303. The highest BCUT2D eigenvalue weighted by Gasteiger charge is 2.08. The molecule has 0 aromatic carbocycles. The molecule has 0 aliphatic carbocycles. The predicted molar refractivity (Wildman–Crippen MR) is 47.9 cm³/mol. The van der Waals surface area contributed by atoms with Crippen LogP contribution >= 0.6 is 11.6 Å². The van der Waals surface area contributed by atoms with E-state index in [1.807, 2.05) is 19.9 Å². The fourth-order valence-corrected chi connectivity index (χ4v) is 1.34. The standard InChI is InChI=1S/C8H9ClN2O/c1-5-3-4-10-6(2)7(5)8(9)11-12/h3-4,12H,1-2H3/b11-8-. The van der Waals surface area contributed by atoms with Crippen molar-refractivity contribution in [2.75, 3.05) is 0 Å². The van der Waals surface area contributed by atoms with Crippen LogP contribution in [0.25, 0.3) is 0 Å². The van der Waals surface area contributed by atoms with Crippen molar-refractivity contribution in [3.05, 3.63) is 29.1 Å². The number of pyridine rings is 1. The largest absolute Gasteiger partial charge is 0.410 e. The zero-order chi connectivity index (χ0) is 9.14. The van der Waals surface area contributed by atoms with Crippen LogP contribution in [0.2, 0.25) is 0 Å². The van der Waals surface area contributed by atoms with E-state index in [-0.39, 0.29) is 5.17 Å². The van der Waals surface area contributed by atoms with Gasteiger partial charge in [0, 0.05) is 17.5 Å². The van der Waals surface area contributed by atoms with E-state index in [2.05, 4.69) is 10.1 Å². The summed E-state index contributed by atoms with van der Waals surface area (Å²) in [6.07, 6.45) is 1.69. The molecular weight excluding hydrogens is 176 g/mol. The molecule has 12 heavy (non-hydrogen) atoms. The molecule has 0 bridgehead atoms. The summed E-state index contributed by atoms with van der Waals surface area (Å²) in [5, 5.41) is 11.5. The van der Waals surface area contributed by atoms with E-state index < -0.39 is 0 Å². The zero-order valence-electron chi connectivity index (χ0n) is 6.87. The molecule has 4 heteroatoms. The summed E-state index contributed by atoms with van der Waals surface area (Å²) in [5.41, 5.74) is 2.41. The van der Waals surface area contributed by atoms with Crippen LogP contribution in [0.1, 0.15) is 16.8 Å². The van der Waals surface area contributed by atoms with Crippen molar-refractivity contribution in [2.45, 2.75) is 13.8 Å². The minimum absolute atomic E-state index is 0.0816. The maximum atomic E-state index is 8.47. The van der Waals surface area contributed by atoms with Crippen molar-refractivity contribution in [1.29, 1.82) is 0 Å². The van der Waals surface area contributed by atoms with Crippen LogP contribution in [0.5, 0.6) is 0 Å². The van der Waals surface area contributed by atoms with E-state index in [1.54, 1.807) is 6.20 Å². The first-order chi connectivity index (χ1) is 5.66. The minimum atomic E-state index is 0.0816. The molecule has 1 N–H and O–H groups in total. The van der Waals surface area contributed by atoms with Crippen molar-refractivity contribution >= 4 is 16.8 Å². The predicted octanol–water partition coefficient (Wildman–Crippen LogP) is 2.07. The Labute approximate surface area is 75.7 Å². The van der Waals surface area contributed by atoms with Crippen molar-refractivity contribution in [1.82, 2.24) is 4.98 Å². The molecule has 64 valence electrons. The summed E-state index contributed by atoms with van der Waals surface area (Å²) in [6, 6.07) is 1.82. The summed E-state index contributed by atoms with van der Waals surface area (Å²) >= 11 is 5.66. The molecule has 1 rings (SSSR count). The Kier molecular flexibility index (Phi) is 2.65. The van der Waals surface area contributed by atoms with E-state index in [0.717, 1.165) is 11.3 Å². The van der Waals surface area contributed by atoms with E-state index in [4.69, 9.17) is 16.8 Å². The molecule has 0 saturated heterocycles. The molecule has 0 radical (unpaired) electrons. The van der Waals surface area contributed by atoms with E-state index in [0.29, 0.717) is 5.56 Å². The van der Waals surface area contributed by atoms with Gasteiger partial charge in [-0.15, -0.1) is 0 Å². The van der Waals surface area contributed by atoms with Gasteiger partial charge < -0.3 is 5.21 Å². The molecule has 0 saturated carbocycles. The molecule has 0 fully saturated rings. The van der Waals surface area contributed by atoms with Gasteiger partial charge in [-0.1, -0.05) is 16.8 Å². The third-order valence-corrected chi connectivity index (χ3v) is 1.91. The molecule has 0 aliphatic heterocycles. The lowest BCUT2D eigenvalue weighted by atomic mass is 10.1. The monoisotopic (exact) mass is 184 g/mol. The topological polar surface area (TPSA) is 45.5 Å². The fraction of sp³-hybridized carbons (Fsp3) is 0.250. The highest BCUT2D eigenvalue weighted by molar-refractivity contribution is 6.69. The van der Waals surface area contributed by atoms with Crippen LogP contribution in [-0.4, -0.2) is 15.4 Å². The van der Waals surface area contributed by atoms with E-state index in [9.17, 15) is 0 Å². The van der Waals surface area contributed by atoms with Gasteiger partial charge in [0.25, 0.3) is 0 Å². The molecular formula is C8H9ClN2O. The molecule has 0 spiro atoms. The summed E-state index contributed by atoms with van der Waals surface area (Å²) in [7, 11) is 0.